The van der Waals surface area contributed by atoms with Crippen molar-refractivity contribution in [2.75, 3.05) is 18.4 Å². The monoisotopic (exact) mass is 447 g/mol. The Morgan fingerprint density at radius 1 is 1.30 bits per heavy atom. The van der Waals surface area contributed by atoms with Crippen LogP contribution in [-0.2, 0) is 14.8 Å². The molecule has 0 bridgehead atoms. The number of nitrogens with one attached hydrogen (secondary N) is 1. The van der Waals surface area contributed by atoms with Crippen LogP contribution in [0, 0.1) is 19.8 Å². The van der Waals surface area contributed by atoms with Gasteiger partial charge in [0.05, 0.1) is 5.69 Å². The largest absolute Gasteiger partial charge is 0.360 e. The number of piperidine rings is 1. The van der Waals surface area contributed by atoms with E-state index >= 15 is 0 Å². The average molecular weight is 448 g/mol. The first-order valence-corrected chi connectivity index (χ1v) is 11.8. The minimum Gasteiger partial charge on any atom is -0.360 e. The number of hydrogen-bond acceptors (Lipinski definition) is 8. The predicted octanol–water partition coefficient (Wildman–Crippen LogP) is 2.85. The van der Waals surface area contributed by atoms with Gasteiger partial charge >= 0.3 is 0 Å². The van der Waals surface area contributed by atoms with Gasteiger partial charge in [0.1, 0.15) is 10.6 Å². The lowest BCUT2D eigenvalue weighted by Gasteiger charge is -2.30. The van der Waals surface area contributed by atoms with E-state index in [4.69, 9.17) is 4.52 Å². The van der Waals surface area contributed by atoms with Crippen LogP contribution in [0.3, 0.4) is 0 Å². The van der Waals surface area contributed by atoms with E-state index in [2.05, 4.69) is 20.4 Å². The van der Waals surface area contributed by atoms with E-state index in [0.717, 1.165) is 11.3 Å². The van der Waals surface area contributed by atoms with Crippen LogP contribution in [-0.4, -0.2) is 46.8 Å². The maximum absolute atomic E-state index is 12.9. The fourth-order valence-corrected chi connectivity index (χ4v) is 6.00. The summed E-state index contributed by atoms with van der Waals surface area (Å²) in [5, 5.41) is 8.98. The van der Waals surface area contributed by atoms with E-state index < -0.39 is 10.0 Å². The van der Waals surface area contributed by atoms with Crippen molar-refractivity contribution in [1.82, 2.24) is 19.4 Å². The van der Waals surface area contributed by atoms with E-state index in [0.29, 0.717) is 23.7 Å². The fraction of sp³-hybridized carbons (Fsp3) is 0.368. The van der Waals surface area contributed by atoms with Crippen LogP contribution in [0.4, 0.5) is 5.13 Å². The summed E-state index contributed by atoms with van der Waals surface area (Å²) in [5.41, 5.74) is 1.98. The lowest BCUT2D eigenvalue weighted by Crippen LogP contribution is -2.41. The summed E-state index contributed by atoms with van der Waals surface area (Å²) in [4.78, 5) is 21.3. The van der Waals surface area contributed by atoms with Crippen LogP contribution in [0.2, 0.25) is 0 Å². The fourth-order valence-electron chi connectivity index (χ4n) is 3.52. The molecular formula is C19H21N5O4S2. The third-order valence-corrected chi connectivity index (χ3v) is 7.98. The first-order chi connectivity index (χ1) is 14.4. The molecule has 0 aliphatic carbocycles. The second-order valence-electron chi connectivity index (χ2n) is 7.10. The van der Waals surface area contributed by atoms with Crippen molar-refractivity contribution in [3.8, 4) is 11.3 Å². The number of aryl methyl sites for hydroxylation is 2. The Labute approximate surface area is 178 Å². The number of nitrogens with zero attached hydrogens (tertiary/aromatic N) is 4. The van der Waals surface area contributed by atoms with Crippen LogP contribution in [0.5, 0.6) is 0 Å². The Morgan fingerprint density at radius 3 is 2.70 bits per heavy atom. The van der Waals surface area contributed by atoms with E-state index in [1.807, 2.05) is 17.5 Å². The molecule has 1 aliphatic rings. The number of amides is 1. The quantitative estimate of drug-likeness (QED) is 0.639. The molecule has 0 atom stereocenters. The van der Waals surface area contributed by atoms with Crippen LogP contribution >= 0.6 is 11.3 Å². The summed E-state index contributed by atoms with van der Waals surface area (Å²) in [6, 6.07) is 3.74. The number of carbonyl (C=O) groups is 1. The molecule has 4 heterocycles. The number of thiazole rings is 1. The molecule has 158 valence electrons. The lowest BCUT2D eigenvalue weighted by molar-refractivity contribution is -0.120. The molecule has 11 heteroatoms. The number of anilines is 1. The Kier molecular flexibility index (Phi) is 5.67. The van der Waals surface area contributed by atoms with Gasteiger partial charge in [-0.15, -0.1) is 11.3 Å². The van der Waals surface area contributed by atoms with Crippen molar-refractivity contribution in [2.24, 2.45) is 5.92 Å². The molecule has 1 saturated heterocycles. The highest BCUT2D eigenvalue weighted by Gasteiger charge is 2.35. The number of sulfonamides is 1. The molecule has 4 rings (SSSR count). The highest BCUT2D eigenvalue weighted by atomic mass is 32.2. The molecule has 1 amide bonds. The molecular weight excluding hydrogens is 426 g/mol. The molecule has 3 aromatic heterocycles. The number of aromatic nitrogens is 3. The second kappa shape index (κ2) is 8.25. The molecule has 0 aromatic carbocycles. The van der Waals surface area contributed by atoms with Crippen molar-refractivity contribution in [2.45, 2.75) is 31.6 Å². The van der Waals surface area contributed by atoms with Crippen LogP contribution in [0.15, 0.2) is 39.3 Å². The molecule has 0 saturated carbocycles. The van der Waals surface area contributed by atoms with Gasteiger partial charge in [-0.1, -0.05) is 5.16 Å². The van der Waals surface area contributed by atoms with Gasteiger partial charge in [-0.2, -0.15) is 4.31 Å². The van der Waals surface area contributed by atoms with E-state index in [-0.39, 0.29) is 35.6 Å². The van der Waals surface area contributed by atoms with Crippen LogP contribution in [0.25, 0.3) is 11.3 Å². The Hall–Kier alpha value is -2.63. The summed E-state index contributed by atoms with van der Waals surface area (Å²) in [6.45, 7) is 3.73. The zero-order chi connectivity index (χ0) is 21.3. The SMILES string of the molecule is Cc1noc(C)c1S(=O)(=O)N1CCC(C(=O)Nc2nc(-c3cccnc3)cs2)CC1. The highest BCUT2D eigenvalue weighted by molar-refractivity contribution is 7.89. The minimum absolute atomic E-state index is 0.121. The van der Waals surface area contributed by atoms with Crippen molar-refractivity contribution in [3.63, 3.8) is 0 Å². The zero-order valence-corrected chi connectivity index (χ0v) is 18.2. The molecule has 0 radical (unpaired) electrons. The maximum Gasteiger partial charge on any atom is 0.248 e. The minimum atomic E-state index is -3.69. The third kappa shape index (κ3) is 4.00. The molecule has 3 aromatic rings. The lowest BCUT2D eigenvalue weighted by atomic mass is 9.97. The zero-order valence-electron chi connectivity index (χ0n) is 16.5. The predicted molar refractivity (Wildman–Crippen MR) is 111 cm³/mol. The number of carbonyl (C=O) groups excluding carboxylic acids is 1. The third-order valence-electron chi connectivity index (χ3n) is 5.08. The number of rotatable bonds is 5. The molecule has 1 N–H and O–H groups in total. The summed E-state index contributed by atoms with van der Waals surface area (Å²) < 4.78 is 32.2. The van der Waals surface area contributed by atoms with Gasteiger partial charge in [-0.05, 0) is 38.8 Å². The Balaban J connectivity index is 1.38. The van der Waals surface area contributed by atoms with Gasteiger partial charge < -0.3 is 9.84 Å². The summed E-state index contributed by atoms with van der Waals surface area (Å²) in [6.07, 6.45) is 4.29. The number of pyridine rings is 1. The Morgan fingerprint density at radius 2 is 2.07 bits per heavy atom. The van der Waals surface area contributed by atoms with E-state index in [9.17, 15) is 13.2 Å². The van der Waals surface area contributed by atoms with Crippen LogP contribution in [0.1, 0.15) is 24.3 Å². The molecule has 1 aliphatic heterocycles. The normalized spacial score (nSPS) is 15.9. The van der Waals surface area contributed by atoms with Gasteiger partial charge in [0.15, 0.2) is 10.9 Å². The first-order valence-electron chi connectivity index (χ1n) is 9.46. The van der Waals surface area contributed by atoms with Gasteiger partial charge in [-0.25, -0.2) is 13.4 Å². The van der Waals surface area contributed by atoms with E-state index in [1.54, 1.807) is 26.2 Å². The standard InChI is InChI=1S/C19H21N5O4S2/c1-12-17(13(2)28-23-12)30(26,27)24-8-5-14(6-9-24)18(25)22-19-21-16(11-29-19)15-4-3-7-20-10-15/h3-4,7,10-11,14H,5-6,8-9H2,1-2H3,(H,21,22,25). The van der Waals surface area contributed by atoms with E-state index in [1.165, 1.54) is 15.6 Å². The molecule has 9 nitrogen and oxygen atoms in total. The summed E-state index contributed by atoms with van der Waals surface area (Å²) in [5.74, 6) is -0.135. The van der Waals surface area contributed by atoms with Crippen molar-refractivity contribution in [1.29, 1.82) is 0 Å². The number of hydrogen-bond donors (Lipinski definition) is 1. The van der Waals surface area contributed by atoms with Crippen molar-refractivity contribution < 1.29 is 17.7 Å². The Bertz CT molecular complexity index is 1130. The maximum atomic E-state index is 12.9. The highest BCUT2D eigenvalue weighted by Crippen LogP contribution is 2.29. The smallest absolute Gasteiger partial charge is 0.248 e. The molecule has 30 heavy (non-hydrogen) atoms. The van der Waals surface area contributed by atoms with Crippen molar-refractivity contribution in [3.05, 3.63) is 41.4 Å². The topological polar surface area (TPSA) is 118 Å². The van der Waals surface area contributed by atoms with Gasteiger partial charge in [-0.3, -0.25) is 9.78 Å². The molecule has 0 unspecified atom stereocenters. The summed E-state index contributed by atoms with van der Waals surface area (Å²) >= 11 is 1.35. The van der Waals surface area contributed by atoms with Crippen LogP contribution < -0.4 is 5.32 Å². The average Bonchev–Trinajstić information content (AvgIpc) is 3.35. The molecule has 0 spiro atoms. The second-order valence-corrected chi connectivity index (χ2v) is 9.83. The van der Waals surface area contributed by atoms with Gasteiger partial charge in [0, 0.05) is 42.3 Å². The first kappa shape index (κ1) is 20.6. The van der Waals surface area contributed by atoms with Gasteiger partial charge in [0.2, 0.25) is 15.9 Å². The van der Waals surface area contributed by atoms with Crippen molar-refractivity contribution >= 4 is 32.4 Å². The molecule has 1 fully saturated rings. The summed E-state index contributed by atoms with van der Waals surface area (Å²) in [7, 11) is -3.69. The van der Waals surface area contributed by atoms with Gasteiger partial charge in [0.25, 0.3) is 0 Å².